The van der Waals surface area contributed by atoms with Crippen LogP contribution in [0.3, 0.4) is 0 Å². The van der Waals surface area contributed by atoms with Crippen molar-refractivity contribution in [3.8, 4) is 5.75 Å². The van der Waals surface area contributed by atoms with Gasteiger partial charge in [-0.15, -0.1) is 0 Å². The summed E-state index contributed by atoms with van der Waals surface area (Å²) in [6.45, 7) is 1.37. The van der Waals surface area contributed by atoms with Crippen molar-refractivity contribution in [2.24, 2.45) is 0 Å². The summed E-state index contributed by atoms with van der Waals surface area (Å²) >= 11 is 0. The number of hydroxylamine groups is 1. The van der Waals surface area contributed by atoms with Gasteiger partial charge in [-0.1, -0.05) is 30.3 Å². The molecule has 7 heteroatoms. The van der Waals surface area contributed by atoms with Crippen molar-refractivity contribution >= 4 is 17.3 Å². The highest BCUT2D eigenvalue weighted by Crippen LogP contribution is 2.32. The van der Waals surface area contributed by atoms with Gasteiger partial charge in [0.1, 0.15) is 18.1 Å². The molecular formula is C29H31N3O4. The van der Waals surface area contributed by atoms with Crippen LogP contribution in [0.25, 0.3) is 5.70 Å². The third kappa shape index (κ3) is 6.05. The van der Waals surface area contributed by atoms with E-state index in [1.165, 1.54) is 0 Å². The van der Waals surface area contributed by atoms with Gasteiger partial charge in [-0.2, -0.15) is 0 Å². The predicted octanol–water partition coefficient (Wildman–Crippen LogP) is 4.31. The summed E-state index contributed by atoms with van der Waals surface area (Å²) in [5.74, 6) is -0.215. The maximum Gasteiger partial charge on any atom is 0.189 e. The number of hydrogen-bond acceptors (Lipinski definition) is 7. The first-order chi connectivity index (χ1) is 17.5. The Bertz CT molecular complexity index is 1240. The van der Waals surface area contributed by atoms with Crippen molar-refractivity contribution in [3.63, 3.8) is 0 Å². The standard InChI is InChI=1S/C29H31N3O4/c1-32(2)16-17-36-23-11-7-20(8-12-23)28(33)19-25(29(34)27-6-4-5-15-30-27)22-9-13-24-21(18-22)10-14-26(24)31-35-3/h4-9,11-15,18,25,31H,10,16-17,19H2,1-3H3. The van der Waals surface area contributed by atoms with E-state index in [0.29, 0.717) is 23.6 Å². The number of nitrogens with zero attached hydrogens (tertiary/aromatic N) is 2. The third-order valence-corrected chi connectivity index (χ3v) is 6.17. The van der Waals surface area contributed by atoms with Crippen LogP contribution in [0.2, 0.25) is 0 Å². The zero-order valence-corrected chi connectivity index (χ0v) is 20.9. The molecule has 0 saturated carbocycles. The van der Waals surface area contributed by atoms with Crippen molar-refractivity contribution in [2.75, 3.05) is 34.4 Å². The van der Waals surface area contributed by atoms with E-state index in [4.69, 9.17) is 9.57 Å². The summed E-state index contributed by atoms with van der Waals surface area (Å²) in [5.41, 5.74) is 7.59. The Morgan fingerprint density at radius 3 is 2.58 bits per heavy atom. The molecule has 2 aromatic carbocycles. The highest BCUT2D eigenvalue weighted by atomic mass is 16.6. The van der Waals surface area contributed by atoms with E-state index in [1.807, 2.05) is 43.3 Å². The minimum absolute atomic E-state index is 0.0473. The Morgan fingerprint density at radius 2 is 1.89 bits per heavy atom. The Hall–Kier alpha value is -3.81. The molecule has 1 atom stereocenters. The number of carbonyl (C=O) groups is 2. The monoisotopic (exact) mass is 485 g/mol. The van der Waals surface area contributed by atoms with Crippen LogP contribution in [0.5, 0.6) is 5.75 Å². The van der Waals surface area contributed by atoms with Gasteiger partial charge in [0.25, 0.3) is 0 Å². The fraction of sp³-hybridized carbons (Fsp3) is 0.276. The lowest BCUT2D eigenvalue weighted by molar-refractivity contribution is 0.0890. The number of carbonyl (C=O) groups excluding carboxylic acids is 2. The third-order valence-electron chi connectivity index (χ3n) is 6.17. The largest absolute Gasteiger partial charge is 0.492 e. The van der Waals surface area contributed by atoms with Crippen molar-refractivity contribution in [1.29, 1.82) is 0 Å². The highest BCUT2D eigenvalue weighted by molar-refractivity contribution is 6.05. The highest BCUT2D eigenvalue weighted by Gasteiger charge is 2.28. The molecular weight excluding hydrogens is 454 g/mol. The molecule has 7 nitrogen and oxygen atoms in total. The summed E-state index contributed by atoms with van der Waals surface area (Å²) in [4.78, 5) is 38.2. The number of hydrogen-bond donors (Lipinski definition) is 1. The van der Waals surface area contributed by atoms with E-state index >= 15 is 0 Å². The quantitative estimate of drug-likeness (QED) is 0.302. The van der Waals surface area contributed by atoms with Crippen molar-refractivity contribution in [3.05, 3.63) is 101 Å². The first-order valence-corrected chi connectivity index (χ1v) is 11.9. The molecule has 1 unspecified atom stereocenters. The van der Waals surface area contributed by atoms with Crippen LogP contribution in [-0.4, -0.2) is 55.8 Å². The molecule has 1 N–H and O–H groups in total. The fourth-order valence-electron chi connectivity index (χ4n) is 4.23. The normalized spacial score (nSPS) is 13.2. The summed E-state index contributed by atoms with van der Waals surface area (Å²) in [6, 6.07) is 18.2. The first kappa shape index (κ1) is 25.3. The van der Waals surface area contributed by atoms with E-state index < -0.39 is 5.92 Å². The Kier molecular flexibility index (Phi) is 8.25. The van der Waals surface area contributed by atoms with Crippen LogP contribution in [0.4, 0.5) is 0 Å². The molecule has 186 valence electrons. The predicted molar refractivity (Wildman–Crippen MR) is 139 cm³/mol. The van der Waals surface area contributed by atoms with E-state index in [0.717, 1.165) is 35.4 Å². The minimum atomic E-state index is -0.645. The molecule has 1 aliphatic carbocycles. The van der Waals surface area contributed by atoms with Crippen molar-refractivity contribution in [2.45, 2.75) is 18.8 Å². The number of aromatic nitrogens is 1. The molecule has 4 rings (SSSR count). The summed E-state index contributed by atoms with van der Waals surface area (Å²) in [7, 11) is 5.55. The van der Waals surface area contributed by atoms with Crippen molar-refractivity contribution < 1.29 is 19.2 Å². The molecule has 3 aromatic rings. The van der Waals surface area contributed by atoms with Gasteiger partial charge in [0.05, 0.1) is 18.7 Å². The number of pyridine rings is 1. The zero-order valence-electron chi connectivity index (χ0n) is 20.9. The molecule has 0 radical (unpaired) electrons. The van der Waals surface area contributed by atoms with E-state index in [1.54, 1.807) is 55.8 Å². The maximum absolute atomic E-state index is 13.5. The molecule has 0 spiro atoms. The van der Waals surface area contributed by atoms with Gasteiger partial charge in [0.2, 0.25) is 0 Å². The van der Waals surface area contributed by atoms with Gasteiger partial charge in [-0.25, -0.2) is 0 Å². The van der Waals surface area contributed by atoms with Crippen LogP contribution in [0.1, 0.15) is 49.9 Å². The lowest BCUT2D eigenvalue weighted by atomic mass is 9.85. The Balaban J connectivity index is 1.55. The second-order valence-electron chi connectivity index (χ2n) is 8.98. The van der Waals surface area contributed by atoms with Gasteiger partial charge in [0, 0.05) is 30.3 Å². The molecule has 1 heterocycles. The number of likely N-dealkylation sites (N-methyl/N-ethyl adjacent to an activating group) is 1. The molecule has 0 amide bonds. The topological polar surface area (TPSA) is 80.8 Å². The number of rotatable bonds is 12. The van der Waals surface area contributed by atoms with E-state index in [9.17, 15) is 9.59 Å². The van der Waals surface area contributed by atoms with Gasteiger partial charge >= 0.3 is 0 Å². The lowest BCUT2D eigenvalue weighted by Crippen LogP contribution is -2.19. The first-order valence-electron chi connectivity index (χ1n) is 11.9. The number of benzene rings is 2. The summed E-state index contributed by atoms with van der Waals surface area (Å²) in [6.07, 6.45) is 4.41. The fourth-order valence-corrected chi connectivity index (χ4v) is 4.23. The van der Waals surface area contributed by atoms with Gasteiger partial charge in [-0.05, 0) is 68.0 Å². The SMILES string of the molecule is CONC1=CCc2cc(C(CC(=O)c3ccc(OCCN(C)C)cc3)C(=O)c3ccccn3)ccc21. The van der Waals surface area contributed by atoms with Crippen LogP contribution < -0.4 is 10.2 Å². The average molecular weight is 486 g/mol. The van der Waals surface area contributed by atoms with Crippen LogP contribution in [0.15, 0.2) is 72.9 Å². The molecule has 1 aromatic heterocycles. The number of nitrogens with one attached hydrogen (secondary N) is 1. The molecule has 0 fully saturated rings. The van der Waals surface area contributed by atoms with Gasteiger partial charge < -0.3 is 9.64 Å². The minimum Gasteiger partial charge on any atom is -0.492 e. The Morgan fingerprint density at radius 1 is 1.08 bits per heavy atom. The molecule has 1 aliphatic rings. The van der Waals surface area contributed by atoms with Gasteiger partial charge in [-0.3, -0.25) is 24.9 Å². The summed E-state index contributed by atoms with van der Waals surface area (Å²) in [5, 5.41) is 0. The van der Waals surface area contributed by atoms with Gasteiger partial charge in [0.15, 0.2) is 11.6 Å². The summed E-state index contributed by atoms with van der Waals surface area (Å²) < 4.78 is 5.73. The Labute approximate surface area is 211 Å². The number of ether oxygens (including phenoxy) is 1. The smallest absolute Gasteiger partial charge is 0.189 e. The number of Topliss-reactive ketones (excluding diaryl/α,β-unsaturated/α-hetero) is 2. The zero-order chi connectivity index (χ0) is 25.5. The second-order valence-corrected chi connectivity index (χ2v) is 8.98. The van der Waals surface area contributed by atoms with Crippen LogP contribution >= 0.6 is 0 Å². The second kappa shape index (κ2) is 11.7. The van der Waals surface area contributed by atoms with E-state index in [2.05, 4.69) is 10.5 Å². The number of ketones is 2. The van der Waals surface area contributed by atoms with Crippen molar-refractivity contribution in [1.82, 2.24) is 15.4 Å². The molecule has 36 heavy (non-hydrogen) atoms. The molecule has 0 aliphatic heterocycles. The maximum atomic E-state index is 13.5. The number of fused-ring (bicyclic) bond motifs is 1. The molecule has 0 saturated heterocycles. The van der Waals surface area contributed by atoms with Crippen LogP contribution in [-0.2, 0) is 11.3 Å². The van der Waals surface area contributed by atoms with E-state index in [-0.39, 0.29) is 18.0 Å². The molecule has 0 bridgehead atoms. The lowest BCUT2D eigenvalue weighted by Gasteiger charge is -2.17. The number of allylic oxidation sites excluding steroid dienone is 1. The van der Waals surface area contributed by atoms with Crippen LogP contribution in [0, 0.1) is 0 Å². The average Bonchev–Trinajstić information content (AvgIpc) is 3.29.